The SMILES string of the molecule is CC1(C)C(=O)CCC2(S(=O)(=O)c3ccc(Cl)cc3)c3c(F)ccc(F)c3OCC12. The minimum Gasteiger partial charge on any atom is -0.490 e. The first kappa shape index (κ1) is 20.3. The Labute approximate surface area is 172 Å². The predicted octanol–water partition coefficient (Wildman–Crippen LogP) is 4.69. The van der Waals surface area contributed by atoms with E-state index >= 15 is 4.39 Å². The molecule has 1 saturated carbocycles. The molecule has 1 aliphatic heterocycles. The number of hydrogen-bond donors (Lipinski definition) is 0. The highest BCUT2D eigenvalue weighted by molar-refractivity contribution is 7.92. The molecule has 0 aromatic heterocycles. The summed E-state index contributed by atoms with van der Waals surface area (Å²) in [5.41, 5.74) is -1.43. The largest absolute Gasteiger partial charge is 0.490 e. The molecule has 1 aliphatic carbocycles. The van der Waals surface area contributed by atoms with Crippen LogP contribution >= 0.6 is 11.6 Å². The third-order valence-electron chi connectivity index (χ3n) is 6.36. The summed E-state index contributed by atoms with van der Waals surface area (Å²) in [6, 6.07) is 7.37. The van der Waals surface area contributed by atoms with Gasteiger partial charge in [0.1, 0.15) is 16.3 Å². The zero-order valence-corrected chi connectivity index (χ0v) is 17.4. The first-order valence-electron chi connectivity index (χ1n) is 9.18. The van der Waals surface area contributed by atoms with Gasteiger partial charge in [-0.1, -0.05) is 25.4 Å². The average Bonchev–Trinajstić information content (AvgIpc) is 2.67. The molecule has 2 aliphatic rings. The van der Waals surface area contributed by atoms with E-state index in [1.54, 1.807) is 13.8 Å². The van der Waals surface area contributed by atoms with Gasteiger partial charge < -0.3 is 4.74 Å². The minimum atomic E-state index is -4.25. The van der Waals surface area contributed by atoms with Crippen molar-refractivity contribution in [2.24, 2.45) is 11.3 Å². The highest BCUT2D eigenvalue weighted by atomic mass is 35.5. The van der Waals surface area contributed by atoms with E-state index in [2.05, 4.69) is 0 Å². The lowest BCUT2D eigenvalue weighted by Crippen LogP contribution is -2.59. The average molecular weight is 441 g/mol. The van der Waals surface area contributed by atoms with Crippen molar-refractivity contribution in [3.05, 3.63) is 58.6 Å². The first-order chi connectivity index (χ1) is 13.5. The number of sulfone groups is 1. The number of benzene rings is 2. The standard InChI is InChI=1S/C21H19ClF2O4S/c1-20(2)16-11-28-19-15(24)8-7-14(23)18(19)21(16,10-9-17(20)25)29(26,27)13-5-3-12(22)4-6-13/h3-8,16H,9-11H2,1-2H3. The van der Waals surface area contributed by atoms with Crippen LogP contribution < -0.4 is 4.74 Å². The molecule has 0 spiro atoms. The topological polar surface area (TPSA) is 60.4 Å². The normalized spacial score (nSPS) is 25.7. The molecule has 1 fully saturated rings. The second kappa shape index (κ2) is 6.51. The lowest BCUT2D eigenvalue weighted by molar-refractivity contribution is -0.136. The molecule has 4 nitrogen and oxygen atoms in total. The van der Waals surface area contributed by atoms with E-state index in [0.29, 0.717) is 5.02 Å². The number of ether oxygens (including phenoxy) is 1. The van der Waals surface area contributed by atoms with Crippen molar-refractivity contribution in [1.29, 1.82) is 0 Å². The molecule has 0 bridgehead atoms. The van der Waals surface area contributed by atoms with Crippen LogP contribution in [0.4, 0.5) is 8.78 Å². The fraction of sp³-hybridized carbons (Fsp3) is 0.381. The van der Waals surface area contributed by atoms with Crippen molar-refractivity contribution in [1.82, 2.24) is 0 Å². The zero-order valence-electron chi connectivity index (χ0n) is 15.8. The summed E-state index contributed by atoms with van der Waals surface area (Å²) in [6.07, 6.45) is -0.215. The maximum Gasteiger partial charge on any atom is 0.188 e. The van der Waals surface area contributed by atoms with Crippen LogP contribution in [0.15, 0.2) is 41.3 Å². The Kier molecular flexibility index (Phi) is 4.55. The molecule has 8 heteroatoms. The predicted molar refractivity (Wildman–Crippen MR) is 104 cm³/mol. The lowest BCUT2D eigenvalue weighted by Gasteiger charge is -2.53. The molecule has 2 aromatic rings. The number of Topliss-reactive ketones (excluding diaryl/α,β-unsaturated/α-hetero) is 1. The lowest BCUT2D eigenvalue weighted by atomic mass is 9.60. The molecule has 0 saturated heterocycles. The molecule has 1 heterocycles. The summed E-state index contributed by atoms with van der Waals surface area (Å²) in [6.45, 7) is 3.06. The van der Waals surface area contributed by atoms with Crippen LogP contribution in [0.5, 0.6) is 5.75 Å². The molecule has 154 valence electrons. The summed E-state index contributed by atoms with van der Waals surface area (Å²) in [5, 5.41) is 0.349. The monoisotopic (exact) mass is 440 g/mol. The molecular weight excluding hydrogens is 422 g/mol. The van der Waals surface area contributed by atoms with Gasteiger partial charge in [0.05, 0.1) is 17.1 Å². The van der Waals surface area contributed by atoms with Crippen LogP contribution in [0, 0.1) is 23.0 Å². The molecule has 2 unspecified atom stereocenters. The van der Waals surface area contributed by atoms with Crippen LogP contribution in [0.25, 0.3) is 0 Å². The third-order valence-corrected chi connectivity index (χ3v) is 9.15. The second-order valence-corrected chi connectivity index (χ2v) is 10.7. The van der Waals surface area contributed by atoms with Crippen molar-refractivity contribution < 1.29 is 26.7 Å². The van der Waals surface area contributed by atoms with Crippen molar-refractivity contribution in [2.75, 3.05) is 6.61 Å². The third kappa shape index (κ3) is 2.66. The number of halogens is 3. The van der Waals surface area contributed by atoms with E-state index in [1.807, 2.05) is 0 Å². The van der Waals surface area contributed by atoms with Gasteiger partial charge in [0.2, 0.25) is 0 Å². The number of carbonyl (C=O) groups is 1. The van der Waals surface area contributed by atoms with Gasteiger partial charge in [-0.15, -0.1) is 0 Å². The molecule has 4 rings (SSSR count). The molecule has 29 heavy (non-hydrogen) atoms. The summed E-state index contributed by atoms with van der Waals surface area (Å²) >= 11 is 5.91. The Hall–Kier alpha value is -1.99. The van der Waals surface area contributed by atoms with Crippen molar-refractivity contribution in [2.45, 2.75) is 36.3 Å². The van der Waals surface area contributed by atoms with Gasteiger partial charge in [-0.2, -0.15) is 0 Å². The Balaban J connectivity index is 2.09. The number of carbonyl (C=O) groups excluding carboxylic acids is 1. The smallest absolute Gasteiger partial charge is 0.188 e. The molecule has 0 radical (unpaired) electrons. The highest BCUT2D eigenvalue weighted by Crippen LogP contribution is 2.60. The van der Waals surface area contributed by atoms with Gasteiger partial charge in [0.15, 0.2) is 21.4 Å². The van der Waals surface area contributed by atoms with Gasteiger partial charge in [-0.25, -0.2) is 17.2 Å². The van der Waals surface area contributed by atoms with Crippen LogP contribution in [0.1, 0.15) is 32.3 Å². The molecule has 0 amide bonds. The Bertz CT molecular complexity index is 1110. The van der Waals surface area contributed by atoms with Gasteiger partial charge in [-0.05, 0) is 42.8 Å². The van der Waals surface area contributed by atoms with Crippen LogP contribution in [0.2, 0.25) is 5.02 Å². The summed E-state index contributed by atoms with van der Waals surface area (Å²) in [5.74, 6) is -3.12. The summed E-state index contributed by atoms with van der Waals surface area (Å²) in [4.78, 5) is 12.6. The van der Waals surface area contributed by atoms with Gasteiger partial charge in [-0.3, -0.25) is 4.79 Å². The van der Waals surface area contributed by atoms with Crippen molar-refractivity contribution in [3.8, 4) is 5.75 Å². The van der Waals surface area contributed by atoms with E-state index in [4.69, 9.17) is 16.3 Å². The molecule has 2 aromatic carbocycles. The Morgan fingerprint density at radius 1 is 1.07 bits per heavy atom. The van der Waals surface area contributed by atoms with Gasteiger partial charge >= 0.3 is 0 Å². The van der Waals surface area contributed by atoms with E-state index in [1.165, 1.54) is 24.3 Å². The maximum atomic E-state index is 15.1. The quantitative estimate of drug-likeness (QED) is 0.680. The number of hydrogen-bond acceptors (Lipinski definition) is 4. The maximum absolute atomic E-state index is 15.1. The van der Waals surface area contributed by atoms with Crippen molar-refractivity contribution >= 4 is 27.2 Å². The van der Waals surface area contributed by atoms with E-state index < -0.39 is 43.3 Å². The summed E-state index contributed by atoms with van der Waals surface area (Å²) < 4.78 is 61.3. The molecular formula is C21H19ClF2O4S. The van der Waals surface area contributed by atoms with Gasteiger partial charge in [0, 0.05) is 22.8 Å². The molecule has 0 N–H and O–H groups in total. The Morgan fingerprint density at radius 3 is 2.34 bits per heavy atom. The second-order valence-electron chi connectivity index (χ2n) is 8.09. The fourth-order valence-corrected chi connectivity index (χ4v) is 7.34. The number of fused-ring (bicyclic) bond motifs is 3. The van der Waals surface area contributed by atoms with Crippen LogP contribution in [-0.4, -0.2) is 20.8 Å². The van der Waals surface area contributed by atoms with E-state index in [9.17, 15) is 17.6 Å². The van der Waals surface area contributed by atoms with Gasteiger partial charge in [0.25, 0.3) is 0 Å². The van der Waals surface area contributed by atoms with Crippen LogP contribution in [-0.2, 0) is 19.4 Å². The van der Waals surface area contributed by atoms with Crippen molar-refractivity contribution in [3.63, 3.8) is 0 Å². The summed E-state index contributed by atoms with van der Waals surface area (Å²) in [7, 11) is -4.25. The van der Waals surface area contributed by atoms with E-state index in [0.717, 1.165) is 12.1 Å². The first-order valence-corrected chi connectivity index (χ1v) is 11.0. The number of rotatable bonds is 2. The Morgan fingerprint density at radius 2 is 1.69 bits per heavy atom. The minimum absolute atomic E-state index is 0.0615. The van der Waals surface area contributed by atoms with E-state index in [-0.39, 0.29) is 35.7 Å². The molecule has 2 atom stereocenters. The zero-order chi connectivity index (χ0) is 21.2. The van der Waals surface area contributed by atoms with Crippen LogP contribution in [0.3, 0.4) is 0 Å². The fourth-order valence-electron chi connectivity index (χ4n) is 4.73. The number of ketones is 1. The highest BCUT2D eigenvalue weighted by Gasteiger charge is 2.65.